The van der Waals surface area contributed by atoms with E-state index in [0.717, 1.165) is 11.8 Å². The molecule has 0 aliphatic carbocycles. The zero-order chi connectivity index (χ0) is 14.9. The summed E-state index contributed by atoms with van der Waals surface area (Å²) in [5.74, 6) is 0. The molecule has 0 radical (unpaired) electrons. The molecule has 0 spiro atoms. The predicted molar refractivity (Wildman–Crippen MR) is 88.4 cm³/mol. The van der Waals surface area contributed by atoms with Crippen molar-refractivity contribution in [2.75, 3.05) is 0 Å². The van der Waals surface area contributed by atoms with Crippen molar-refractivity contribution in [3.8, 4) is 11.1 Å². The van der Waals surface area contributed by atoms with Crippen LogP contribution in [0.2, 0.25) is 0 Å². The lowest BCUT2D eigenvalue weighted by molar-refractivity contribution is 0.112. The molecule has 1 heteroatoms. The van der Waals surface area contributed by atoms with Crippen molar-refractivity contribution in [2.45, 2.75) is 6.92 Å². The summed E-state index contributed by atoms with van der Waals surface area (Å²) in [6, 6.07) is 28.1. The third kappa shape index (κ3) is 4.73. The molecular weight excluding hydrogens is 256 g/mol. The van der Waals surface area contributed by atoms with Gasteiger partial charge in [-0.2, -0.15) is 0 Å². The highest BCUT2D eigenvalue weighted by molar-refractivity contribution is 5.74. The third-order valence-electron chi connectivity index (χ3n) is 3.06. The molecule has 0 aliphatic heterocycles. The van der Waals surface area contributed by atoms with Crippen molar-refractivity contribution in [3.05, 3.63) is 96.1 Å². The Labute approximate surface area is 125 Å². The monoisotopic (exact) mass is 274 g/mol. The summed E-state index contributed by atoms with van der Waals surface area (Å²) in [5.41, 5.74) is 4.61. The van der Waals surface area contributed by atoms with E-state index in [2.05, 4.69) is 55.5 Å². The fourth-order valence-electron chi connectivity index (χ4n) is 1.99. The van der Waals surface area contributed by atoms with Gasteiger partial charge >= 0.3 is 0 Å². The molecular formula is C20H18O. The fourth-order valence-corrected chi connectivity index (χ4v) is 1.99. The first-order valence-corrected chi connectivity index (χ1v) is 6.92. The Morgan fingerprint density at radius 2 is 1.24 bits per heavy atom. The van der Waals surface area contributed by atoms with Crippen LogP contribution in [0.25, 0.3) is 11.1 Å². The summed E-state index contributed by atoms with van der Waals surface area (Å²) in [6.07, 6.45) is 0.833. The standard InChI is InChI=1S/C13H12.C7H6O/c1-11-6-5-9-13(10-11)12-7-3-2-4-8-12;8-6-7-4-2-1-3-5-7/h2-10H,1H3;1-6H. The minimum atomic E-state index is 0.729. The van der Waals surface area contributed by atoms with Crippen molar-refractivity contribution in [1.29, 1.82) is 0 Å². The highest BCUT2D eigenvalue weighted by Crippen LogP contribution is 2.19. The topological polar surface area (TPSA) is 17.1 Å². The second kappa shape index (κ2) is 7.81. The van der Waals surface area contributed by atoms with Crippen LogP contribution in [0.4, 0.5) is 0 Å². The average Bonchev–Trinajstić information content (AvgIpc) is 2.57. The zero-order valence-corrected chi connectivity index (χ0v) is 12.1. The first kappa shape index (κ1) is 14.7. The number of hydrogen-bond acceptors (Lipinski definition) is 1. The highest BCUT2D eigenvalue weighted by Gasteiger charge is 1.94. The third-order valence-corrected chi connectivity index (χ3v) is 3.06. The Hall–Kier alpha value is -2.67. The highest BCUT2D eigenvalue weighted by atomic mass is 16.1. The number of carbonyl (C=O) groups is 1. The second-order valence-electron chi connectivity index (χ2n) is 4.76. The van der Waals surface area contributed by atoms with Crippen LogP contribution in [0.1, 0.15) is 15.9 Å². The van der Waals surface area contributed by atoms with E-state index in [0.29, 0.717) is 0 Å². The molecule has 0 saturated carbocycles. The maximum Gasteiger partial charge on any atom is 0.150 e. The Bertz CT molecular complexity index is 672. The van der Waals surface area contributed by atoms with E-state index in [1.165, 1.54) is 16.7 Å². The molecule has 104 valence electrons. The van der Waals surface area contributed by atoms with Crippen LogP contribution in [0, 0.1) is 6.92 Å². The van der Waals surface area contributed by atoms with Gasteiger partial charge in [0, 0.05) is 5.56 Å². The molecule has 0 amide bonds. The lowest BCUT2D eigenvalue weighted by atomic mass is 10.0. The van der Waals surface area contributed by atoms with Crippen molar-refractivity contribution >= 4 is 6.29 Å². The molecule has 3 aromatic rings. The first-order valence-electron chi connectivity index (χ1n) is 6.92. The van der Waals surface area contributed by atoms with Gasteiger partial charge in [-0.3, -0.25) is 4.79 Å². The quantitative estimate of drug-likeness (QED) is 0.590. The number of aldehydes is 1. The summed E-state index contributed by atoms with van der Waals surface area (Å²) in [5, 5.41) is 0. The van der Waals surface area contributed by atoms with Crippen molar-refractivity contribution in [1.82, 2.24) is 0 Å². The lowest BCUT2D eigenvalue weighted by Gasteiger charge is -2.01. The molecule has 0 atom stereocenters. The van der Waals surface area contributed by atoms with Crippen LogP contribution in [-0.4, -0.2) is 6.29 Å². The molecule has 0 aromatic heterocycles. The number of benzene rings is 3. The summed E-state index contributed by atoms with van der Waals surface area (Å²) in [6.45, 7) is 2.12. The van der Waals surface area contributed by atoms with E-state index in [1.54, 1.807) is 12.1 Å². The lowest BCUT2D eigenvalue weighted by Crippen LogP contribution is -1.77. The largest absolute Gasteiger partial charge is 0.298 e. The molecule has 3 rings (SSSR count). The normalized spacial score (nSPS) is 9.38. The predicted octanol–water partition coefficient (Wildman–Crippen LogP) is 5.16. The van der Waals surface area contributed by atoms with Gasteiger partial charge < -0.3 is 0 Å². The second-order valence-corrected chi connectivity index (χ2v) is 4.76. The summed E-state index contributed by atoms with van der Waals surface area (Å²) in [4.78, 5) is 10.0. The van der Waals surface area contributed by atoms with Crippen molar-refractivity contribution in [3.63, 3.8) is 0 Å². The molecule has 0 N–H and O–H groups in total. The number of carbonyl (C=O) groups excluding carboxylic acids is 1. The maximum absolute atomic E-state index is 10.0. The SMILES string of the molecule is Cc1cccc(-c2ccccc2)c1.O=Cc1ccccc1. The van der Waals surface area contributed by atoms with E-state index in [9.17, 15) is 4.79 Å². The Kier molecular flexibility index (Phi) is 5.48. The molecule has 1 nitrogen and oxygen atoms in total. The summed E-state index contributed by atoms with van der Waals surface area (Å²) in [7, 11) is 0. The van der Waals surface area contributed by atoms with Crippen molar-refractivity contribution in [2.24, 2.45) is 0 Å². The Balaban J connectivity index is 0.000000173. The van der Waals surface area contributed by atoms with E-state index in [-0.39, 0.29) is 0 Å². The minimum absolute atomic E-state index is 0.729. The fraction of sp³-hybridized carbons (Fsp3) is 0.0500. The zero-order valence-electron chi connectivity index (χ0n) is 12.1. The number of rotatable bonds is 2. The van der Waals surface area contributed by atoms with Gasteiger partial charge in [-0.25, -0.2) is 0 Å². The van der Waals surface area contributed by atoms with Crippen LogP contribution in [0.3, 0.4) is 0 Å². The van der Waals surface area contributed by atoms with Crippen molar-refractivity contribution < 1.29 is 4.79 Å². The maximum atomic E-state index is 10.0. The van der Waals surface area contributed by atoms with Gasteiger partial charge in [0.25, 0.3) is 0 Å². The smallest absolute Gasteiger partial charge is 0.150 e. The van der Waals surface area contributed by atoms with Crippen LogP contribution in [0.5, 0.6) is 0 Å². The van der Waals surface area contributed by atoms with Gasteiger partial charge in [0.15, 0.2) is 0 Å². The molecule has 0 fully saturated rings. The van der Waals surface area contributed by atoms with E-state index in [4.69, 9.17) is 0 Å². The molecule has 0 unspecified atom stereocenters. The van der Waals surface area contributed by atoms with Gasteiger partial charge in [0.05, 0.1) is 0 Å². The molecule has 0 bridgehead atoms. The summed E-state index contributed by atoms with van der Waals surface area (Å²) >= 11 is 0. The Morgan fingerprint density at radius 1 is 0.667 bits per heavy atom. The van der Waals surface area contributed by atoms with Gasteiger partial charge in [0.1, 0.15) is 6.29 Å². The molecule has 0 heterocycles. The molecule has 3 aromatic carbocycles. The van der Waals surface area contributed by atoms with Gasteiger partial charge in [-0.05, 0) is 18.1 Å². The average molecular weight is 274 g/mol. The van der Waals surface area contributed by atoms with Crippen LogP contribution < -0.4 is 0 Å². The van der Waals surface area contributed by atoms with Crippen LogP contribution in [-0.2, 0) is 0 Å². The van der Waals surface area contributed by atoms with Crippen LogP contribution >= 0.6 is 0 Å². The van der Waals surface area contributed by atoms with Gasteiger partial charge in [-0.1, -0.05) is 90.5 Å². The molecule has 0 saturated heterocycles. The van der Waals surface area contributed by atoms with E-state index >= 15 is 0 Å². The number of aryl methyl sites for hydroxylation is 1. The van der Waals surface area contributed by atoms with E-state index in [1.807, 2.05) is 24.3 Å². The molecule has 0 aliphatic rings. The first-order chi connectivity index (χ1) is 10.3. The van der Waals surface area contributed by atoms with Crippen LogP contribution in [0.15, 0.2) is 84.9 Å². The van der Waals surface area contributed by atoms with E-state index < -0.39 is 0 Å². The Morgan fingerprint density at radius 3 is 1.76 bits per heavy atom. The van der Waals surface area contributed by atoms with Gasteiger partial charge in [-0.15, -0.1) is 0 Å². The number of hydrogen-bond donors (Lipinski definition) is 0. The summed E-state index contributed by atoms with van der Waals surface area (Å²) < 4.78 is 0. The van der Waals surface area contributed by atoms with Gasteiger partial charge in [0.2, 0.25) is 0 Å². The minimum Gasteiger partial charge on any atom is -0.298 e. The molecule has 21 heavy (non-hydrogen) atoms.